The lowest BCUT2D eigenvalue weighted by Crippen LogP contribution is -2.35. The molecule has 23 heavy (non-hydrogen) atoms. The van der Waals surface area contributed by atoms with Crippen LogP contribution in [0.25, 0.3) is 0 Å². The normalized spacial score (nSPS) is 11.1. The molecule has 6 heteroatoms. The van der Waals surface area contributed by atoms with Gasteiger partial charge in [0.2, 0.25) is 0 Å². The van der Waals surface area contributed by atoms with Gasteiger partial charge in [-0.25, -0.2) is 4.98 Å². The Labute approximate surface area is 140 Å². The molecule has 0 aliphatic carbocycles. The summed E-state index contributed by atoms with van der Waals surface area (Å²) in [4.78, 5) is 28.2. The smallest absolute Gasteiger partial charge is 0.313 e. The number of nitrogens with zero attached hydrogens (tertiary/aromatic N) is 1. The number of hydrogen-bond acceptors (Lipinski definition) is 4. The first kappa shape index (κ1) is 17.1. The molecule has 0 saturated heterocycles. The quantitative estimate of drug-likeness (QED) is 0.849. The Morgan fingerprint density at radius 3 is 2.35 bits per heavy atom. The van der Waals surface area contributed by atoms with Crippen molar-refractivity contribution in [1.82, 2.24) is 10.3 Å². The van der Waals surface area contributed by atoms with Gasteiger partial charge in [0.05, 0.1) is 17.2 Å². The molecule has 0 bridgehead atoms. The van der Waals surface area contributed by atoms with E-state index in [-0.39, 0.29) is 12.0 Å². The van der Waals surface area contributed by atoms with Gasteiger partial charge in [0, 0.05) is 16.5 Å². The largest absolute Gasteiger partial charge is 0.342 e. The average Bonchev–Trinajstić information content (AvgIpc) is 2.96. The summed E-state index contributed by atoms with van der Waals surface area (Å²) in [5.41, 5.74) is 2.43. The first-order chi connectivity index (χ1) is 10.8. The molecule has 2 rings (SSSR count). The number of aryl methyl sites for hydroxylation is 1. The van der Waals surface area contributed by atoms with E-state index in [1.165, 1.54) is 0 Å². The number of hydrogen-bond donors (Lipinski definition) is 2. The van der Waals surface area contributed by atoms with Crippen molar-refractivity contribution < 1.29 is 9.59 Å². The van der Waals surface area contributed by atoms with Gasteiger partial charge in [0.1, 0.15) is 0 Å². The lowest BCUT2D eigenvalue weighted by atomic mass is 9.98. The summed E-state index contributed by atoms with van der Waals surface area (Å²) in [5.74, 6) is -1.35. The van der Waals surface area contributed by atoms with Crippen LogP contribution in [0.2, 0.25) is 0 Å². The minimum Gasteiger partial charge on any atom is -0.342 e. The van der Waals surface area contributed by atoms with Crippen LogP contribution in [-0.4, -0.2) is 16.8 Å². The number of aromatic nitrogens is 1. The number of benzene rings is 1. The molecule has 122 valence electrons. The van der Waals surface area contributed by atoms with E-state index in [1.807, 2.05) is 24.4 Å². The Kier molecular flexibility index (Phi) is 5.15. The van der Waals surface area contributed by atoms with Crippen molar-refractivity contribution in [2.75, 3.05) is 5.32 Å². The van der Waals surface area contributed by atoms with Crippen molar-refractivity contribution in [2.24, 2.45) is 0 Å². The van der Waals surface area contributed by atoms with Crippen molar-refractivity contribution in [2.45, 2.75) is 39.7 Å². The third-order valence-electron chi connectivity index (χ3n) is 3.14. The molecule has 0 fully saturated rings. The third-order valence-corrected chi connectivity index (χ3v) is 4.46. The lowest BCUT2D eigenvalue weighted by Gasteiger charge is -2.13. The van der Waals surface area contributed by atoms with Crippen molar-refractivity contribution >= 4 is 28.8 Å². The molecule has 0 spiro atoms. The van der Waals surface area contributed by atoms with E-state index in [4.69, 9.17) is 0 Å². The Balaban J connectivity index is 1.88. The molecule has 2 amide bonds. The van der Waals surface area contributed by atoms with Gasteiger partial charge in [-0.05, 0) is 19.1 Å². The molecule has 2 N–H and O–H groups in total. The lowest BCUT2D eigenvalue weighted by molar-refractivity contribution is -0.136. The molecule has 0 saturated carbocycles. The molecule has 0 radical (unpaired) electrons. The van der Waals surface area contributed by atoms with Crippen LogP contribution in [-0.2, 0) is 21.5 Å². The molecular formula is C17H21N3O2S. The number of thiazole rings is 1. The minimum absolute atomic E-state index is 0.0181. The minimum atomic E-state index is -0.680. The van der Waals surface area contributed by atoms with Crippen LogP contribution in [0.4, 0.5) is 5.69 Å². The maximum atomic E-state index is 11.8. The molecule has 0 atom stereocenters. The Hall–Kier alpha value is -2.21. The number of amides is 2. The molecule has 2 aromatic rings. The van der Waals surface area contributed by atoms with Crippen LogP contribution < -0.4 is 10.6 Å². The molecule has 0 aliphatic rings. The summed E-state index contributed by atoms with van der Waals surface area (Å²) < 4.78 is 0. The van der Waals surface area contributed by atoms with Gasteiger partial charge in [-0.3, -0.25) is 9.59 Å². The van der Waals surface area contributed by atoms with Gasteiger partial charge in [-0.1, -0.05) is 38.5 Å². The maximum Gasteiger partial charge on any atom is 0.313 e. The van der Waals surface area contributed by atoms with Gasteiger partial charge in [-0.2, -0.15) is 0 Å². The van der Waals surface area contributed by atoms with E-state index in [0.717, 1.165) is 16.3 Å². The molecular weight excluding hydrogens is 310 g/mol. The topological polar surface area (TPSA) is 71.1 Å². The summed E-state index contributed by atoms with van der Waals surface area (Å²) in [6.45, 7) is 8.46. The van der Waals surface area contributed by atoms with Crippen LogP contribution in [0, 0.1) is 6.92 Å². The van der Waals surface area contributed by atoms with Gasteiger partial charge in [0.25, 0.3) is 0 Å². The number of anilines is 1. The van der Waals surface area contributed by atoms with Gasteiger partial charge in [0.15, 0.2) is 0 Å². The van der Waals surface area contributed by atoms with E-state index in [1.54, 1.807) is 23.5 Å². The van der Waals surface area contributed by atoms with Gasteiger partial charge < -0.3 is 10.6 Å². The highest BCUT2D eigenvalue weighted by molar-refractivity contribution is 7.09. The molecule has 1 aromatic carbocycles. The zero-order valence-electron chi connectivity index (χ0n) is 13.8. The van der Waals surface area contributed by atoms with Crippen LogP contribution >= 0.6 is 11.3 Å². The molecule has 1 aromatic heterocycles. The highest BCUT2D eigenvalue weighted by Gasteiger charge is 2.19. The fourth-order valence-corrected chi connectivity index (χ4v) is 2.72. The van der Waals surface area contributed by atoms with Crippen molar-refractivity contribution in [3.8, 4) is 0 Å². The highest BCUT2D eigenvalue weighted by Crippen LogP contribution is 2.25. The number of nitrogens with one attached hydrogen (secondary N) is 2. The summed E-state index contributed by atoms with van der Waals surface area (Å²) in [7, 11) is 0. The number of carbonyl (C=O) groups excluding carboxylic acids is 2. The molecule has 0 aliphatic heterocycles. The second kappa shape index (κ2) is 6.91. The SMILES string of the molecule is Cc1ccc(NC(=O)C(=O)NCc2csc(C(C)(C)C)n2)cc1. The molecule has 5 nitrogen and oxygen atoms in total. The first-order valence-corrected chi connectivity index (χ1v) is 8.24. The first-order valence-electron chi connectivity index (χ1n) is 7.36. The van der Waals surface area contributed by atoms with Crippen molar-refractivity contribution in [1.29, 1.82) is 0 Å². The Morgan fingerprint density at radius 1 is 1.13 bits per heavy atom. The highest BCUT2D eigenvalue weighted by atomic mass is 32.1. The molecule has 1 heterocycles. The predicted octanol–water partition coefficient (Wildman–Crippen LogP) is 3.00. The average molecular weight is 331 g/mol. The number of rotatable bonds is 3. The van der Waals surface area contributed by atoms with E-state index in [0.29, 0.717) is 5.69 Å². The van der Waals surface area contributed by atoms with Crippen LogP contribution in [0.15, 0.2) is 29.6 Å². The van der Waals surface area contributed by atoms with Crippen molar-refractivity contribution in [3.05, 3.63) is 45.9 Å². The summed E-state index contributed by atoms with van der Waals surface area (Å²) in [6, 6.07) is 7.26. The summed E-state index contributed by atoms with van der Waals surface area (Å²) >= 11 is 1.56. The Morgan fingerprint density at radius 2 is 1.78 bits per heavy atom. The fraction of sp³-hybridized carbons (Fsp3) is 0.353. The predicted molar refractivity (Wildman–Crippen MR) is 92.5 cm³/mol. The van der Waals surface area contributed by atoms with E-state index in [9.17, 15) is 9.59 Å². The van der Waals surface area contributed by atoms with Gasteiger partial charge >= 0.3 is 11.8 Å². The van der Waals surface area contributed by atoms with E-state index >= 15 is 0 Å². The summed E-state index contributed by atoms with van der Waals surface area (Å²) in [6.07, 6.45) is 0. The van der Waals surface area contributed by atoms with Crippen molar-refractivity contribution in [3.63, 3.8) is 0 Å². The summed E-state index contributed by atoms with van der Waals surface area (Å²) in [5, 5.41) is 8.06. The second-order valence-corrected chi connectivity index (χ2v) is 7.25. The van der Waals surface area contributed by atoms with Crippen LogP contribution in [0.1, 0.15) is 37.0 Å². The van der Waals surface area contributed by atoms with Crippen LogP contribution in [0.5, 0.6) is 0 Å². The standard InChI is InChI=1S/C17H21N3O2S/c1-11-5-7-12(8-6-11)19-15(22)14(21)18-9-13-10-23-16(20-13)17(2,3)4/h5-8,10H,9H2,1-4H3,(H,18,21)(H,19,22). The fourth-order valence-electron chi connectivity index (χ4n) is 1.81. The van der Waals surface area contributed by atoms with Gasteiger partial charge in [-0.15, -0.1) is 11.3 Å². The zero-order chi connectivity index (χ0) is 17.0. The Bertz CT molecular complexity index is 699. The van der Waals surface area contributed by atoms with E-state index < -0.39 is 11.8 Å². The third kappa shape index (κ3) is 4.89. The van der Waals surface area contributed by atoms with E-state index in [2.05, 4.69) is 36.4 Å². The number of carbonyl (C=O) groups is 2. The second-order valence-electron chi connectivity index (χ2n) is 6.40. The molecule has 0 unspecified atom stereocenters. The van der Waals surface area contributed by atoms with Crippen LogP contribution in [0.3, 0.4) is 0 Å². The zero-order valence-corrected chi connectivity index (χ0v) is 14.6. The maximum absolute atomic E-state index is 11.8. The monoisotopic (exact) mass is 331 g/mol.